The first kappa shape index (κ1) is 34.1. The quantitative estimate of drug-likeness (QED) is 0.416. The largest absolute Gasteiger partial charge is 0 e. The Labute approximate surface area is 136 Å². The number of hydrogen-bond acceptors (Lipinski definition) is 0. The van der Waals surface area contributed by atoms with E-state index in [0.29, 0.717) is 0 Å². The van der Waals surface area contributed by atoms with Gasteiger partial charge in [0.15, 0.2) is 0 Å². The van der Waals surface area contributed by atoms with Gasteiger partial charge in [0.2, 0.25) is 0 Å². The Morgan fingerprint density at radius 3 is 1.00 bits per heavy atom. The van der Waals surface area contributed by atoms with Gasteiger partial charge in [-0.1, -0.05) is 0 Å². The summed E-state index contributed by atoms with van der Waals surface area (Å²) >= 11 is 0. The molecule has 0 aromatic heterocycles. The van der Waals surface area contributed by atoms with Crippen LogP contribution in [0.4, 0.5) is 0 Å². The van der Waals surface area contributed by atoms with E-state index in [9.17, 15) is 0 Å². The molecular weight excluding hydrogens is 217 g/mol. The van der Waals surface area contributed by atoms with Crippen molar-refractivity contribution in [1.82, 2.24) is 0 Å². The summed E-state index contributed by atoms with van der Waals surface area (Å²) in [6.45, 7) is 0. The van der Waals surface area contributed by atoms with Gasteiger partial charge in [-0.25, -0.2) is 0 Å². The van der Waals surface area contributed by atoms with Gasteiger partial charge in [-0.2, -0.15) is 0 Å². The molecular formula is H3AlCaCrKNi. The zero-order valence-corrected chi connectivity index (χ0v) is 4.72. The fourth-order valence-corrected chi connectivity index (χ4v) is 0. The van der Waals surface area contributed by atoms with Gasteiger partial charge in [0.1, 0.15) is 0 Å². The summed E-state index contributed by atoms with van der Waals surface area (Å²) < 4.78 is 0. The minimum absolute atomic E-state index is 0. The molecule has 0 aliphatic carbocycles. The summed E-state index contributed by atoms with van der Waals surface area (Å²) in [5.41, 5.74) is 0. The molecule has 3 radical (unpaired) electrons. The molecule has 0 rings (SSSR count). The molecule has 0 N–H and O–H groups in total. The Kier molecular flexibility index (Phi) is 161. The number of hydrogen-bond donors (Lipinski definition) is 0. The van der Waals surface area contributed by atoms with E-state index in [2.05, 4.69) is 0 Å². The second-order valence-corrected chi connectivity index (χ2v) is 0. The molecule has 0 spiro atoms. The average Bonchev–Trinajstić information content (AvgIpc) is 0. The maximum absolute atomic E-state index is 0. The van der Waals surface area contributed by atoms with Crippen LogP contribution < -0.4 is 0 Å². The molecule has 0 aliphatic rings. The maximum atomic E-state index is 0. The fourth-order valence-electron chi connectivity index (χ4n) is 0. The molecule has 0 aromatic carbocycles. The molecule has 0 atom stereocenters. The predicted octanol–water partition coefficient (Wildman–Crippen LogP) is -1.95. The van der Waals surface area contributed by atoms with Gasteiger partial charge in [-0.3, -0.25) is 0 Å². The van der Waals surface area contributed by atoms with Crippen LogP contribution in [-0.2, 0) is 33.9 Å². The number of rotatable bonds is 0. The van der Waals surface area contributed by atoms with Gasteiger partial charge in [0.05, 0.1) is 0 Å². The Morgan fingerprint density at radius 2 is 1.00 bits per heavy atom. The first-order chi connectivity index (χ1) is 0. The second-order valence-electron chi connectivity index (χ2n) is 0. The standard InChI is InChI=1S/Al.Ca.Cr.K.Ni.3H. The molecule has 0 nitrogen and oxygen atoms in total. The smallest absolute Gasteiger partial charge is 0 e. The van der Waals surface area contributed by atoms with Gasteiger partial charge in [-0.05, 0) is 0 Å². The van der Waals surface area contributed by atoms with Crippen molar-refractivity contribution < 1.29 is 33.9 Å². The second kappa shape index (κ2) is 23.7. The molecule has 0 unspecified atom stereocenters. The van der Waals surface area contributed by atoms with Crippen LogP contribution in [0.5, 0.6) is 0 Å². The molecule has 0 aliphatic heterocycles. The summed E-state index contributed by atoms with van der Waals surface area (Å²) in [5, 5.41) is 0. The van der Waals surface area contributed by atoms with Crippen LogP contribution in [0.15, 0.2) is 0 Å². The SMILES string of the molecule is [Al].[CaH2].[Cr].[KH].[Ni]. The molecule has 0 aromatic rings. The molecule has 0 saturated carbocycles. The third-order valence-electron chi connectivity index (χ3n) is 0. The van der Waals surface area contributed by atoms with Crippen LogP contribution in [0.2, 0.25) is 0 Å². The predicted molar refractivity (Wildman–Crippen MR) is 21.4 cm³/mol. The Hall–Kier alpha value is 4.45. The normalized spacial score (nSPS) is 0. The Bertz CT molecular complexity index is 11.6. The van der Waals surface area contributed by atoms with E-state index in [0.717, 1.165) is 0 Å². The van der Waals surface area contributed by atoms with Crippen molar-refractivity contribution in [2.75, 3.05) is 0 Å². The molecule has 0 fully saturated rings. The van der Waals surface area contributed by atoms with Crippen molar-refractivity contribution in [3.8, 4) is 0 Å². The van der Waals surface area contributed by atoms with Gasteiger partial charge in [0.25, 0.3) is 0 Å². The third-order valence-corrected chi connectivity index (χ3v) is 0. The Morgan fingerprint density at radius 1 is 1.00 bits per heavy atom. The van der Waals surface area contributed by atoms with Crippen LogP contribution in [0.1, 0.15) is 0 Å². The molecule has 5 heavy (non-hydrogen) atoms. The van der Waals surface area contributed by atoms with Crippen molar-refractivity contribution in [2.45, 2.75) is 0 Å². The van der Waals surface area contributed by atoms with E-state index < -0.39 is 0 Å². The van der Waals surface area contributed by atoms with Crippen molar-refractivity contribution in [2.24, 2.45) is 0 Å². The molecule has 0 heterocycles. The summed E-state index contributed by atoms with van der Waals surface area (Å²) in [6.07, 6.45) is 0. The maximum Gasteiger partial charge on any atom is 0 e. The van der Waals surface area contributed by atoms with E-state index >= 15 is 0 Å². The van der Waals surface area contributed by atoms with E-state index in [1.807, 2.05) is 0 Å². The van der Waals surface area contributed by atoms with E-state index in [4.69, 9.17) is 0 Å². The van der Waals surface area contributed by atoms with Gasteiger partial charge < -0.3 is 0 Å². The summed E-state index contributed by atoms with van der Waals surface area (Å²) in [4.78, 5) is 0. The average molecular weight is 220 g/mol. The van der Waals surface area contributed by atoms with Crippen LogP contribution in [0.25, 0.3) is 0 Å². The van der Waals surface area contributed by atoms with Crippen LogP contribution >= 0.6 is 0 Å². The van der Waals surface area contributed by atoms with Crippen LogP contribution in [0, 0.1) is 0 Å². The monoisotopic (exact) mass is 219 g/mol. The van der Waals surface area contributed by atoms with Crippen molar-refractivity contribution in [1.29, 1.82) is 0 Å². The van der Waals surface area contributed by atoms with Gasteiger partial charge >= 0.3 is 89.1 Å². The van der Waals surface area contributed by atoms with E-state index in [-0.39, 0.29) is 140 Å². The summed E-state index contributed by atoms with van der Waals surface area (Å²) in [7, 11) is 0. The molecule has 0 bridgehead atoms. The minimum atomic E-state index is 0. The summed E-state index contributed by atoms with van der Waals surface area (Å²) in [5.74, 6) is 0. The Balaban J connectivity index is 0. The van der Waals surface area contributed by atoms with E-state index in [1.54, 1.807) is 0 Å². The minimum Gasteiger partial charge on any atom is 0 e. The van der Waals surface area contributed by atoms with Crippen molar-refractivity contribution >= 4 is 106 Å². The first-order valence-electron chi connectivity index (χ1n) is 0. The topological polar surface area (TPSA) is 0 Å². The van der Waals surface area contributed by atoms with Gasteiger partial charge in [0, 0.05) is 51.2 Å². The first-order valence-corrected chi connectivity index (χ1v) is 0. The zero-order chi connectivity index (χ0) is 0. The van der Waals surface area contributed by atoms with Crippen LogP contribution in [0.3, 0.4) is 0 Å². The van der Waals surface area contributed by atoms with Gasteiger partial charge in [-0.15, -0.1) is 0 Å². The molecule has 0 amide bonds. The molecule has 25 valence electrons. The van der Waals surface area contributed by atoms with Crippen molar-refractivity contribution in [3.05, 3.63) is 0 Å². The summed E-state index contributed by atoms with van der Waals surface area (Å²) in [6, 6.07) is 0. The molecule has 5 heteroatoms. The zero-order valence-electron chi connectivity index (χ0n) is 1.30. The molecule has 0 saturated heterocycles. The third kappa shape index (κ3) is 17.8. The fraction of sp³-hybridized carbons (Fsp3) is 0. The van der Waals surface area contributed by atoms with Crippen molar-refractivity contribution in [3.63, 3.8) is 0 Å². The van der Waals surface area contributed by atoms with E-state index in [1.165, 1.54) is 0 Å². The van der Waals surface area contributed by atoms with Crippen LogP contribution in [-0.4, -0.2) is 106 Å².